The molecule has 7 nitrogen and oxygen atoms in total. The number of halogens is 2. The summed E-state index contributed by atoms with van der Waals surface area (Å²) in [5.74, 6) is -1.20. The summed E-state index contributed by atoms with van der Waals surface area (Å²) in [5.41, 5.74) is 1.54. The van der Waals surface area contributed by atoms with E-state index in [9.17, 15) is 23.8 Å². The van der Waals surface area contributed by atoms with Crippen molar-refractivity contribution in [1.82, 2.24) is 14.9 Å². The van der Waals surface area contributed by atoms with Gasteiger partial charge in [-0.15, -0.1) is 0 Å². The summed E-state index contributed by atoms with van der Waals surface area (Å²) in [7, 11) is 0. The third-order valence-corrected chi connectivity index (χ3v) is 6.55. The van der Waals surface area contributed by atoms with Crippen LogP contribution in [0, 0.1) is 11.6 Å². The van der Waals surface area contributed by atoms with Gasteiger partial charge in [-0.05, 0) is 62.8 Å². The molecule has 3 N–H and O–H groups in total. The number of carbonyl (C=O) groups is 1. The van der Waals surface area contributed by atoms with Gasteiger partial charge in [0, 0.05) is 37.1 Å². The fraction of sp³-hybridized carbons (Fsp3) is 0.440. The smallest absolute Gasteiger partial charge is 0.255 e. The van der Waals surface area contributed by atoms with Crippen molar-refractivity contribution in [3.8, 4) is 0 Å². The summed E-state index contributed by atoms with van der Waals surface area (Å²) in [6, 6.07) is 8.66. The zero-order valence-electron chi connectivity index (χ0n) is 19.0. The SMILES string of the molecule is Fc1cccc(F)c1.O=C(NC1CCC(O)(CO)CC1)c1cnn2ccc(N3CCCC3)cc12. The van der Waals surface area contributed by atoms with E-state index < -0.39 is 17.2 Å². The van der Waals surface area contributed by atoms with Crippen LogP contribution in [0.15, 0.2) is 48.8 Å². The summed E-state index contributed by atoms with van der Waals surface area (Å²) in [5, 5.41) is 26.7. The van der Waals surface area contributed by atoms with Gasteiger partial charge in [-0.3, -0.25) is 4.79 Å². The van der Waals surface area contributed by atoms with Gasteiger partial charge in [-0.2, -0.15) is 5.10 Å². The summed E-state index contributed by atoms with van der Waals surface area (Å²) in [6.07, 6.45) is 8.28. The number of rotatable bonds is 4. The van der Waals surface area contributed by atoms with Crippen LogP contribution in [0.5, 0.6) is 0 Å². The molecule has 0 radical (unpaired) electrons. The molecule has 182 valence electrons. The molecule has 2 aromatic heterocycles. The number of aliphatic hydroxyl groups excluding tert-OH is 1. The number of amides is 1. The number of aliphatic hydroxyl groups is 2. The second-order valence-electron chi connectivity index (χ2n) is 9.04. The summed E-state index contributed by atoms with van der Waals surface area (Å²) in [4.78, 5) is 15.1. The Morgan fingerprint density at radius 1 is 1.12 bits per heavy atom. The quantitative estimate of drug-likeness (QED) is 0.542. The van der Waals surface area contributed by atoms with Gasteiger partial charge < -0.3 is 20.4 Å². The highest BCUT2D eigenvalue weighted by molar-refractivity contribution is 6.01. The van der Waals surface area contributed by atoms with Crippen molar-refractivity contribution in [2.75, 3.05) is 24.6 Å². The number of benzene rings is 1. The Hall–Kier alpha value is -3.04. The molecule has 5 rings (SSSR count). The normalized spacial score (nSPS) is 22.4. The van der Waals surface area contributed by atoms with Crippen molar-refractivity contribution in [2.24, 2.45) is 0 Å². The van der Waals surface area contributed by atoms with Crippen LogP contribution in [0.4, 0.5) is 14.5 Å². The minimum absolute atomic E-state index is 0.0195. The van der Waals surface area contributed by atoms with Crippen LogP contribution < -0.4 is 10.2 Å². The highest BCUT2D eigenvalue weighted by atomic mass is 19.1. The van der Waals surface area contributed by atoms with Gasteiger partial charge in [0.05, 0.1) is 29.5 Å². The molecule has 9 heteroatoms. The number of nitrogens with zero attached hydrogens (tertiary/aromatic N) is 3. The maximum atomic E-state index is 12.8. The van der Waals surface area contributed by atoms with Crippen molar-refractivity contribution < 1.29 is 23.8 Å². The van der Waals surface area contributed by atoms with E-state index in [0.717, 1.165) is 30.4 Å². The van der Waals surface area contributed by atoms with E-state index in [4.69, 9.17) is 0 Å². The molecule has 0 spiro atoms. The van der Waals surface area contributed by atoms with Gasteiger partial charge in [0.25, 0.3) is 5.91 Å². The maximum absolute atomic E-state index is 12.8. The van der Waals surface area contributed by atoms with Crippen LogP contribution in [0.3, 0.4) is 0 Å². The Morgan fingerprint density at radius 2 is 1.79 bits per heavy atom. The fourth-order valence-corrected chi connectivity index (χ4v) is 4.50. The first kappa shape index (κ1) is 24.1. The predicted molar refractivity (Wildman–Crippen MR) is 125 cm³/mol. The van der Waals surface area contributed by atoms with E-state index >= 15 is 0 Å². The van der Waals surface area contributed by atoms with E-state index in [1.54, 1.807) is 10.7 Å². The molecule has 3 aromatic rings. The molecule has 2 fully saturated rings. The highest BCUT2D eigenvalue weighted by Gasteiger charge is 2.33. The van der Waals surface area contributed by atoms with E-state index in [1.807, 2.05) is 18.3 Å². The van der Waals surface area contributed by atoms with Crippen LogP contribution in [-0.2, 0) is 0 Å². The number of aromatic nitrogens is 2. The van der Waals surface area contributed by atoms with Gasteiger partial charge in [-0.1, -0.05) is 6.07 Å². The summed E-state index contributed by atoms with van der Waals surface area (Å²) < 4.78 is 25.6. The molecular weight excluding hydrogens is 442 g/mol. The van der Waals surface area contributed by atoms with Gasteiger partial charge in [0.1, 0.15) is 11.6 Å². The van der Waals surface area contributed by atoms with Crippen molar-refractivity contribution in [1.29, 1.82) is 0 Å². The maximum Gasteiger partial charge on any atom is 0.255 e. The molecule has 0 atom stereocenters. The lowest BCUT2D eigenvalue weighted by Crippen LogP contribution is -2.45. The summed E-state index contributed by atoms with van der Waals surface area (Å²) >= 11 is 0. The summed E-state index contributed by atoms with van der Waals surface area (Å²) in [6.45, 7) is 1.89. The Labute approximate surface area is 197 Å². The molecule has 1 amide bonds. The van der Waals surface area contributed by atoms with Crippen molar-refractivity contribution >= 4 is 17.1 Å². The van der Waals surface area contributed by atoms with Crippen LogP contribution >= 0.6 is 0 Å². The lowest BCUT2D eigenvalue weighted by molar-refractivity contribution is -0.0468. The first-order valence-corrected chi connectivity index (χ1v) is 11.6. The molecule has 1 aromatic carbocycles. The third-order valence-electron chi connectivity index (χ3n) is 6.55. The van der Waals surface area contributed by atoms with Gasteiger partial charge in [0.2, 0.25) is 0 Å². The predicted octanol–water partition coefficient (Wildman–Crippen LogP) is 3.30. The number of hydrogen-bond acceptors (Lipinski definition) is 5. The van der Waals surface area contributed by atoms with Gasteiger partial charge in [-0.25, -0.2) is 13.3 Å². The first-order chi connectivity index (χ1) is 16.4. The highest BCUT2D eigenvalue weighted by Crippen LogP contribution is 2.28. The molecule has 3 heterocycles. The minimum atomic E-state index is -0.990. The number of anilines is 1. The minimum Gasteiger partial charge on any atom is -0.393 e. The monoisotopic (exact) mass is 472 g/mol. The van der Waals surface area contributed by atoms with Gasteiger partial charge >= 0.3 is 0 Å². The molecular formula is C25H30F2N4O3. The van der Waals surface area contributed by atoms with E-state index in [1.165, 1.54) is 31.0 Å². The molecule has 1 saturated carbocycles. The molecule has 1 aliphatic heterocycles. The number of fused-ring (bicyclic) bond motifs is 1. The Balaban J connectivity index is 0.000000291. The van der Waals surface area contributed by atoms with Crippen molar-refractivity contribution in [3.05, 3.63) is 66.0 Å². The zero-order chi connectivity index (χ0) is 24.1. The molecule has 0 unspecified atom stereocenters. The van der Waals surface area contributed by atoms with Crippen LogP contribution in [0.1, 0.15) is 48.9 Å². The number of hydrogen-bond donors (Lipinski definition) is 3. The first-order valence-electron chi connectivity index (χ1n) is 11.6. The number of carbonyl (C=O) groups excluding carboxylic acids is 1. The Bertz CT molecular complexity index is 1110. The second-order valence-corrected chi connectivity index (χ2v) is 9.04. The number of nitrogens with one attached hydrogen (secondary N) is 1. The lowest BCUT2D eigenvalue weighted by atomic mass is 9.83. The van der Waals surface area contributed by atoms with Crippen molar-refractivity contribution in [2.45, 2.75) is 50.2 Å². The molecule has 34 heavy (non-hydrogen) atoms. The van der Waals surface area contributed by atoms with E-state index in [0.29, 0.717) is 31.2 Å². The topological polar surface area (TPSA) is 90.1 Å². The largest absolute Gasteiger partial charge is 0.393 e. The fourth-order valence-electron chi connectivity index (χ4n) is 4.50. The van der Waals surface area contributed by atoms with E-state index in [2.05, 4.69) is 15.3 Å². The molecule has 2 aliphatic rings. The Kier molecular flexibility index (Phi) is 7.43. The van der Waals surface area contributed by atoms with Crippen LogP contribution in [0.25, 0.3) is 5.52 Å². The number of pyridine rings is 1. The van der Waals surface area contributed by atoms with Crippen LogP contribution in [0.2, 0.25) is 0 Å². The van der Waals surface area contributed by atoms with E-state index in [-0.39, 0.29) is 18.6 Å². The lowest BCUT2D eigenvalue weighted by Gasteiger charge is -2.34. The Morgan fingerprint density at radius 3 is 2.38 bits per heavy atom. The molecule has 0 bridgehead atoms. The second kappa shape index (κ2) is 10.5. The molecule has 1 aliphatic carbocycles. The third kappa shape index (κ3) is 5.71. The average molecular weight is 473 g/mol. The molecule has 1 saturated heterocycles. The standard InChI is InChI=1S/C19H26N4O3.C6H4F2/c24-13-19(26)6-3-14(4-7-19)21-18(25)16-12-20-23-10-5-15(11-17(16)23)22-8-1-2-9-22;7-5-2-1-3-6(8)4-5/h5,10-12,14,24,26H,1-4,6-9,13H2,(H,21,25);1-4H. The average Bonchev–Trinajstić information content (AvgIpc) is 3.51. The van der Waals surface area contributed by atoms with Gasteiger partial charge in [0.15, 0.2) is 0 Å². The van der Waals surface area contributed by atoms with Crippen molar-refractivity contribution in [3.63, 3.8) is 0 Å². The zero-order valence-corrected chi connectivity index (χ0v) is 19.0. The van der Waals surface area contributed by atoms with Crippen LogP contribution in [-0.4, -0.2) is 57.1 Å².